The number of unbranched alkanes of at least 4 members (excludes halogenated alkanes) is 17. The van der Waals surface area contributed by atoms with Crippen LogP contribution < -0.4 is 0 Å². The molecule has 0 N–H and O–H groups in total. The monoisotopic (exact) mass is 495 g/mol. The van der Waals surface area contributed by atoms with E-state index in [1.54, 1.807) is 0 Å². The summed E-state index contributed by atoms with van der Waals surface area (Å²) < 4.78 is 13.5. The fourth-order valence-electron chi connectivity index (χ4n) is 5.89. The standard InChI is InChI=1S/C33H66O2/c1-5-9-13-16-17-18-19-20-23-27-31(26-12-8-4)32-30-34-33(35-32,28-24-21-14-10-6-2)29-25-22-15-11-7-3/h31-32H,5-30H2,1-4H3. The van der Waals surface area contributed by atoms with Gasteiger partial charge >= 0.3 is 0 Å². The van der Waals surface area contributed by atoms with Crippen molar-refractivity contribution >= 4 is 0 Å². The molecule has 0 bridgehead atoms. The Balaban J connectivity index is 2.49. The Bertz CT molecular complexity index is 421. The molecule has 0 aromatic rings. The average Bonchev–Trinajstić information content (AvgIpc) is 3.28. The van der Waals surface area contributed by atoms with Gasteiger partial charge in [-0.05, 0) is 31.6 Å². The molecule has 1 aliphatic heterocycles. The Morgan fingerprint density at radius 3 is 1.40 bits per heavy atom. The van der Waals surface area contributed by atoms with E-state index in [1.165, 1.54) is 148 Å². The van der Waals surface area contributed by atoms with Crippen LogP contribution in [0.15, 0.2) is 0 Å². The van der Waals surface area contributed by atoms with Crippen LogP contribution in [0.25, 0.3) is 0 Å². The zero-order valence-corrected chi connectivity index (χ0v) is 24.9. The van der Waals surface area contributed by atoms with Gasteiger partial charge in [-0.3, -0.25) is 0 Å². The van der Waals surface area contributed by atoms with Crippen molar-refractivity contribution in [2.75, 3.05) is 6.61 Å². The lowest BCUT2D eigenvalue weighted by molar-refractivity contribution is -0.184. The van der Waals surface area contributed by atoms with Crippen molar-refractivity contribution in [3.63, 3.8) is 0 Å². The molecule has 0 saturated carbocycles. The zero-order valence-electron chi connectivity index (χ0n) is 24.9. The van der Waals surface area contributed by atoms with E-state index in [1.807, 2.05) is 0 Å². The fraction of sp³-hybridized carbons (Fsp3) is 1.00. The van der Waals surface area contributed by atoms with Crippen molar-refractivity contribution in [3.05, 3.63) is 0 Å². The van der Waals surface area contributed by atoms with E-state index in [-0.39, 0.29) is 5.79 Å². The maximum Gasteiger partial charge on any atom is 0.168 e. The van der Waals surface area contributed by atoms with E-state index < -0.39 is 0 Å². The van der Waals surface area contributed by atoms with E-state index in [2.05, 4.69) is 27.7 Å². The molecule has 2 unspecified atom stereocenters. The van der Waals surface area contributed by atoms with Gasteiger partial charge in [-0.25, -0.2) is 0 Å². The number of rotatable bonds is 26. The van der Waals surface area contributed by atoms with Crippen LogP contribution in [-0.2, 0) is 9.47 Å². The number of hydrogen-bond acceptors (Lipinski definition) is 2. The first kappa shape index (κ1) is 32.9. The lowest BCUT2D eigenvalue weighted by Crippen LogP contribution is -2.33. The molecule has 2 nitrogen and oxygen atoms in total. The molecule has 1 saturated heterocycles. The molecule has 0 aromatic heterocycles. The molecule has 35 heavy (non-hydrogen) atoms. The van der Waals surface area contributed by atoms with Gasteiger partial charge in [0.25, 0.3) is 0 Å². The number of hydrogen-bond donors (Lipinski definition) is 0. The summed E-state index contributed by atoms with van der Waals surface area (Å²) in [5, 5.41) is 0. The summed E-state index contributed by atoms with van der Waals surface area (Å²) in [5.41, 5.74) is 0. The fourth-order valence-corrected chi connectivity index (χ4v) is 5.89. The van der Waals surface area contributed by atoms with Crippen LogP contribution in [-0.4, -0.2) is 18.5 Å². The minimum absolute atomic E-state index is 0.272. The largest absolute Gasteiger partial charge is 0.347 e. The maximum atomic E-state index is 6.93. The highest BCUT2D eigenvalue weighted by atomic mass is 16.7. The molecular weight excluding hydrogens is 428 g/mol. The van der Waals surface area contributed by atoms with Crippen LogP contribution in [0.1, 0.15) is 188 Å². The topological polar surface area (TPSA) is 18.5 Å². The minimum atomic E-state index is -0.272. The third-order valence-electron chi connectivity index (χ3n) is 8.33. The Hall–Kier alpha value is -0.0800. The summed E-state index contributed by atoms with van der Waals surface area (Å²) >= 11 is 0. The van der Waals surface area contributed by atoms with E-state index in [9.17, 15) is 0 Å². The predicted molar refractivity (Wildman–Crippen MR) is 155 cm³/mol. The van der Waals surface area contributed by atoms with Gasteiger partial charge < -0.3 is 9.47 Å². The molecule has 1 fully saturated rings. The van der Waals surface area contributed by atoms with Crippen LogP contribution in [0, 0.1) is 5.92 Å². The van der Waals surface area contributed by atoms with Gasteiger partial charge in [0, 0.05) is 12.8 Å². The van der Waals surface area contributed by atoms with Gasteiger partial charge in [0.1, 0.15) is 0 Å². The SMILES string of the molecule is CCCCCCCCCCCC(CCCC)C1COC(CCCCCCC)(CCCCCCC)O1. The second-order valence-corrected chi connectivity index (χ2v) is 11.7. The van der Waals surface area contributed by atoms with Crippen molar-refractivity contribution < 1.29 is 9.47 Å². The lowest BCUT2D eigenvalue weighted by Gasteiger charge is -2.30. The van der Waals surface area contributed by atoms with Crippen LogP contribution >= 0.6 is 0 Å². The van der Waals surface area contributed by atoms with Crippen molar-refractivity contribution in [1.29, 1.82) is 0 Å². The molecule has 1 aliphatic rings. The van der Waals surface area contributed by atoms with E-state index >= 15 is 0 Å². The number of ether oxygens (including phenoxy) is 2. The van der Waals surface area contributed by atoms with Crippen molar-refractivity contribution in [3.8, 4) is 0 Å². The summed E-state index contributed by atoms with van der Waals surface area (Å²) in [7, 11) is 0. The first-order valence-electron chi connectivity index (χ1n) is 16.5. The van der Waals surface area contributed by atoms with Gasteiger partial charge in [0.15, 0.2) is 5.79 Å². The average molecular weight is 495 g/mol. The molecule has 1 heterocycles. The molecule has 0 aliphatic carbocycles. The van der Waals surface area contributed by atoms with Crippen LogP contribution in [0.3, 0.4) is 0 Å². The zero-order chi connectivity index (χ0) is 25.5. The lowest BCUT2D eigenvalue weighted by atomic mass is 9.90. The molecule has 0 radical (unpaired) electrons. The van der Waals surface area contributed by atoms with E-state index in [0.717, 1.165) is 19.4 Å². The summed E-state index contributed by atoms with van der Waals surface area (Å²) in [6, 6.07) is 0. The molecule has 210 valence electrons. The first-order valence-corrected chi connectivity index (χ1v) is 16.5. The second kappa shape index (κ2) is 23.1. The van der Waals surface area contributed by atoms with E-state index in [0.29, 0.717) is 12.0 Å². The van der Waals surface area contributed by atoms with Crippen LogP contribution in [0.5, 0.6) is 0 Å². The highest BCUT2D eigenvalue weighted by Gasteiger charge is 2.42. The third kappa shape index (κ3) is 16.4. The van der Waals surface area contributed by atoms with Gasteiger partial charge in [-0.1, -0.05) is 150 Å². The summed E-state index contributed by atoms with van der Waals surface area (Å²) in [6.45, 7) is 10.1. The summed E-state index contributed by atoms with van der Waals surface area (Å²) in [6.07, 6.45) is 33.9. The van der Waals surface area contributed by atoms with Crippen molar-refractivity contribution in [2.24, 2.45) is 5.92 Å². The Morgan fingerprint density at radius 1 is 0.514 bits per heavy atom. The van der Waals surface area contributed by atoms with Crippen LogP contribution in [0.2, 0.25) is 0 Å². The highest BCUT2D eigenvalue weighted by Crippen LogP contribution is 2.39. The predicted octanol–water partition coefficient (Wildman–Crippen LogP) is 11.5. The molecule has 2 atom stereocenters. The van der Waals surface area contributed by atoms with Crippen molar-refractivity contribution in [1.82, 2.24) is 0 Å². The van der Waals surface area contributed by atoms with E-state index in [4.69, 9.17) is 9.47 Å². The van der Waals surface area contributed by atoms with Gasteiger partial charge in [0.2, 0.25) is 0 Å². The smallest absolute Gasteiger partial charge is 0.168 e. The summed E-state index contributed by atoms with van der Waals surface area (Å²) in [4.78, 5) is 0. The second-order valence-electron chi connectivity index (χ2n) is 11.7. The van der Waals surface area contributed by atoms with Crippen molar-refractivity contribution in [2.45, 2.75) is 200 Å². The molecule has 0 amide bonds. The van der Waals surface area contributed by atoms with Gasteiger partial charge in [0.05, 0.1) is 12.7 Å². The summed E-state index contributed by atoms with van der Waals surface area (Å²) in [5.74, 6) is 0.424. The molecular formula is C33H66O2. The third-order valence-corrected chi connectivity index (χ3v) is 8.33. The molecule has 0 aromatic carbocycles. The Labute approximate surface area is 222 Å². The van der Waals surface area contributed by atoms with Gasteiger partial charge in [-0.15, -0.1) is 0 Å². The quantitative estimate of drug-likeness (QED) is 0.111. The Kier molecular flexibility index (Phi) is 21.7. The first-order chi connectivity index (χ1) is 17.2. The Morgan fingerprint density at radius 2 is 0.914 bits per heavy atom. The highest BCUT2D eigenvalue weighted by molar-refractivity contribution is 4.83. The molecule has 1 rings (SSSR count). The minimum Gasteiger partial charge on any atom is -0.347 e. The molecule has 0 spiro atoms. The molecule has 2 heteroatoms. The van der Waals surface area contributed by atoms with Crippen LogP contribution in [0.4, 0.5) is 0 Å². The normalized spacial score (nSPS) is 18.3. The maximum absolute atomic E-state index is 6.93. The van der Waals surface area contributed by atoms with Gasteiger partial charge in [-0.2, -0.15) is 0 Å².